The molecule has 0 radical (unpaired) electrons. The van der Waals surface area contributed by atoms with Crippen molar-refractivity contribution in [3.8, 4) is 22.3 Å². The van der Waals surface area contributed by atoms with Crippen LogP contribution in [0.3, 0.4) is 0 Å². The van der Waals surface area contributed by atoms with Crippen LogP contribution in [0, 0.1) is 0 Å². The minimum atomic E-state index is 0.0228. The zero-order chi connectivity index (χ0) is 47.6. The molecule has 0 spiro atoms. The van der Waals surface area contributed by atoms with Gasteiger partial charge in [-0.1, -0.05) is 156 Å². The lowest BCUT2D eigenvalue weighted by molar-refractivity contribution is 0.332. The first kappa shape index (κ1) is 46.1. The van der Waals surface area contributed by atoms with E-state index in [1.807, 2.05) is 34.8 Å². The molecule has 12 rings (SSSR count). The Kier molecular flexibility index (Phi) is 11.0. The molecule has 0 unspecified atom stereocenters. The van der Waals surface area contributed by atoms with Gasteiger partial charge in [-0.3, -0.25) is 0 Å². The Balaban J connectivity index is 0.000000130. The quantitative estimate of drug-likeness (QED) is 0.169. The number of nitrogens with two attached hydrogens (primary N) is 1. The summed E-state index contributed by atoms with van der Waals surface area (Å²) in [5, 5.41) is 11.1. The molecule has 344 valence electrons. The fourth-order valence-electron chi connectivity index (χ4n) is 12.0. The first-order valence-electron chi connectivity index (χ1n) is 24.3. The molecular weight excluding hydrogens is 917 g/mol. The second-order valence-electron chi connectivity index (χ2n) is 23.5. The average Bonchev–Trinajstić information content (AvgIpc) is 4.00. The van der Waals surface area contributed by atoms with Gasteiger partial charge in [-0.25, -0.2) is 0 Å². The van der Waals surface area contributed by atoms with Gasteiger partial charge in [-0.05, 0) is 155 Å². The summed E-state index contributed by atoms with van der Waals surface area (Å²) in [4.78, 5) is 0. The first-order chi connectivity index (χ1) is 31.5. The number of hydrogen-bond donors (Lipinski definition) is 2. The summed E-state index contributed by atoms with van der Waals surface area (Å²) in [6, 6.07) is 40.2. The van der Waals surface area contributed by atoms with E-state index in [4.69, 9.17) is 5.73 Å². The topological polar surface area (TPSA) is 38.0 Å². The highest BCUT2D eigenvalue weighted by atomic mass is 79.9. The van der Waals surface area contributed by atoms with E-state index in [1.165, 1.54) is 117 Å². The maximum atomic E-state index is 6.11. The van der Waals surface area contributed by atoms with E-state index in [2.05, 4.69) is 212 Å². The molecule has 2 heterocycles. The van der Waals surface area contributed by atoms with E-state index >= 15 is 0 Å². The molecule has 4 aliphatic carbocycles. The van der Waals surface area contributed by atoms with E-state index in [0.29, 0.717) is 10.8 Å². The number of halogens is 1. The number of nitrogens with one attached hydrogen (secondary N) is 1. The van der Waals surface area contributed by atoms with Gasteiger partial charge in [0.25, 0.3) is 0 Å². The van der Waals surface area contributed by atoms with Gasteiger partial charge in [0, 0.05) is 68.7 Å². The van der Waals surface area contributed by atoms with Crippen molar-refractivity contribution in [2.45, 2.75) is 141 Å². The van der Waals surface area contributed by atoms with Gasteiger partial charge in [0.05, 0.1) is 5.69 Å². The van der Waals surface area contributed by atoms with Crippen LogP contribution < -0.4 is 11.1 Å². The Hall–Kier alpha value is -4.68. The van der Waals surface area contributed by atoms with Gasteiger partial charge < -0.3 is 11.1 Å². The van der Waals surface area contributed by atoms with Gasteiger partial charge in [0.15, 0.2) is 0 Å². The van der Waals surface area contributed by atoms with Crippen LogP contribution in [0.15, 0.2) is 124 Å². The molecule has 5 heteroatoms. The molecule has 0 bridgehead atoms. The monoisotopic (exact) mass is 982 g/mol. The number of fused-ring (bicyclic) bond motifs is 10. The Morgan fingerprint density at radius 1 is 0.433 bits per heavy atom. The van der Waals surface area contributed by atoms with Crippen molar-refractivity contribution in [1.29, 1.82) is 0 Å². The molecule has 4 aliphatic rings. The molecule has 67 heavy (non-hydrogen) atoms. The van der Waals surface area contributed by atoms with Crippen molar-refractivity contribution in [2.24, 2.45) is 0 Å². The zero-order valence-electron chi connectivity index (χ0n) is 41.6. The smallest absolute Gasteiger partial charge is 0.0573 e. The number of hydrogen-bond acceptors (Lipinski definition) is 4. The standard InChI is InChI=1S/C31H33NS.C16H19BrS.C15H15N/c1-29(2)14-15-30(3,4)24-17-27-20(16-23(24)29)26(18-33-27)32-25-13-9-12-22-28(25)19-10-7-8-11-21(19)31(22,5)6;1-15(2)5-6-16(3,4)12-8-14-10(7-11(12)15)13(17)9-18-14;1-15(2)11-7-4-3-6-10(11)14-12(15)8-5-9-13(14)16/h7-13,16-18,32H,14-15H2,1-6H3;7-9H,5-6H2,1-4H3;3-9H,16H2,1-2H3. The number of benzene rings is 6. The largest absolute Gasteiger partial charge is 0.398 e. The van der Waals surface area contributed by atoms with Crippen molar-refractivity contribution < 1.29 is 0 Å². The lowest BCUT2D eigenvalue weighted by atomic mass is 9.63. The van der Waals surface area contributed by atoms with Gasteiger partial charge >= 0.3 is 0 Å². The van der Waals surface area contributed by atoms with Crippen LogP contribution in [-0.4, -0.2) is 0 Å². The van der Waals surface area contributed by atoms with Crippen LogP contribution in [0.4, 0.5) is 17.1 Å². The van der Waals surface area contributed by atoms with Gasteiger partial charge in [0.1, 0.15) is 0 Å². The van der Waals surface area contributed by atoms with Gasteiger partial charge in [0.2, 0.25) is 0 Å². The SMILES string of the molecule is CC1(C)CCC(C)(C)c2cc3c(Br)csc3cc21.CC1(C)CCC(C)(C)c2cc3c(Nc4cccc5c4-c4ccccc4C5(C)C)csc3cc21.CC1(C)c2ccccc2-c2c(N)cccc21. The van der Waals surface area contributed by atoms with Crippen LogP contribution in [-0.2, 0) is 32.5 Å². The molecule has 2 nitrogen and oxygen atoms in total. The van der Waals surface area contributed by atoms with E-state index < -0.39 is 0 Å². The maximum absolute atomic E-state index is 6.11. The number of thiophene rings is 2. The average molecular weight is 984 g/mol. The number of rotatable bonds is 2. The van der Waals surface area contributed by atoms with Crippen LogP contribution in [0.2, 0.25) is 0 Å². The second kappa shape index (κ2) is 15.9. The van der Waals surface area contributed by atoms with Crippen LogP contribution in [0.25, 0.3) is 42.4 Å². The molecule has 8 aromatic rings. The Bertz CT molecular complexity index is 3260. The minimum absolute atomic E-state index is 0.0228. The summed E-state index contributed by atoms with van der Waals surface area (Å²) in [5.74, 6) is 0. The summed E-state index contributed by atoms with van der Waals surface area (Å²) in [6.45, 7) is 28.4. The second-order valence-corrected chi connectivity index (χ2v) is 26.2. The highest BCUT2D eigenvalue weighted by molar-refractivity contribution is 9.10. The molecular formula is C62H67BrN2S2. The predicted octanol–water partition coefficient (Wildman–Crippen LogP) is 18.9. The van der Waals surface area contributed by atoms with Crippen LogP contribution in [0.1, 0.15) is 153 Å². The third-order valence-electron chi connectivity index (χ3n) is 16.6. The van der Waals surface area contributed by atoms with Crippen molar-refractivity contribution in [1.82, 2.24) is 0 Å². The predicted molar refractivity (Wildman–Crippen MR) is 298 cm³/mol. The molecule has 0 amide bonds. The summed E-state index contributed by atoms with van der Waals surface area (Å²) >= 11 is 7.38. The third kappa shape index (κ3) is 7.53. The molecule has 0 saturated heterocycles. The molecule has 0 aliphatic heterocycles. The third-order valence-corrected chi connectivity index (χ3v) is 19.4. The van der Waals surface area contributed by atoms with E-state index in [1.54, 1.807) is 11.1 Å². The molecule has 0 fully saturated rings. The first-order valence-corrected chi connectivity index (χ1v) is 26.9. The molecule has 0 atom stereocenters. The lowest BCUT2D eigenvalue weighted by Gasteiger charge is -2.41. The molecule has 3 N–H and O–H groups in total. The highest BCUT2D eigenvalue weighted by Crippen LogP contribution is 2.54. The van der Waals surface area contributed by atoms with Gasteiger partial charge in [-0.2, -0.15) is 0 Å². The fourth-order valence-corrected chi connectivity index (χ4v) is 14.5. The summed E-state index contributed by atoms with van der Waals surface area (Å²) in [6.07, 6.45) is 5.05. The Morgan fingerprint density at radius 3 is 1.40 bits per heavy atom. The Morgan fingerprint density at radius 2 is 0.851 bits per heavy atom. The summed E-state index contributed by atoms with van der Waals surface area (Å²) in [7, 11) is 0. The van der Waals surface area contributed by atoms with E-state index in [0.717, 1.165) is 5.69 Å². The summed E-state index contributed by atoms with van der Waals surface area (Å²) < 4.78 is 4.03. The normalized spacial score (nSPS) is 18.8. The molecule has 6 aromatic carbocycles. The van der Waals surface area contributed by atoms with Crippen molar-refractivity contribution >= 4 is 75.8 Å². The summed E-state index contributed by atoms with van der Waals surface area (Å²) in [5.41, 5.74) is 27.6. The van der Waals surface area contributed by atoms with Crippen molar-refractivity contribution in [3.05, 3.63) is 169 Å². The van der Waals surface area contributed by atoms with E-state index in [9.17, 15) is 0 Å². The fraction of sp³-hybridized carbons (Fsp3) is 0.355. The van der Waals surface area contributed by atoms with E-state index in [-0.39, 0.29) is 21.7 Å². The molecule has 2 aromatic heterocycles. The molecule has 0 saturated carbocycles. The zero-order valence-corrected chi connectivity index (χ0v) is 44.9. The lowest BCUT2D eigenvalue weighted by Crippen LogP contribution is -2.33. The highest BCUT2D eigenvalue weighted by Gasteiger charge is 2.40. The number of anilines is 3. The minimum Gasteiger partial charge on any atom is -0.398 e. The Labute approximate surface area is 416 Å². The van der Waals surface area contributed by atoms with Crippen LogP contribution in [0.5, 0.6) is 0 Å². The van der Waals surface area contributed by atoms with Gasteiger partial charge in [-0.15, -0.1) is 22.7 Å². The van der Waals surface area contributed by atoms with Crippen molar-refractivity contribution in [2.75, 3.05) is 11.1 Å². The number of nitrogen functional groups attached to an aromatic ring is 1. The van der Waals surface area contributed by atoms with Crippen LogP contribution >= 0.6 is 38.6 Å². The van der Waals surface area contributed by atoms with Crippen molar-refractivity contribution in [3.63, 3.8) is 0 Å². The maximum Gasteiger partial charge on any atom is 0.0573 e.